The summed E-state index contributed by atoms with van der Waals surface area (Å²) in [6.07, 6.45) is 0. The molecule has 0 aliphatic heterocycles. The molecule has 0 unspecified atom stereocenters. The molecular weight excluding hydrogens is 299 g/mol. The Morgan fingerprint density at radius 1 is 1.25 bits per heavy atom. The number of nitriles is 1. The molecule has 1 aromatic heterocycles. The van der Waals surface area contributed by atoms with Crippen LogP contribution in [0.2, 0.25) is 10.0 Å². The lowest BCUT2D eigenvalue weighted by Gasteiger charge is -2.13. The Balaban J connectivity index is 2.71. The standard InChI is InChI=1S/C14H10Cl2N2O2/c15-10-2-3-11(12(16)7-10)13-4-1-9(8-17)14(20)18(13)5-6-19/h1-4,7,19H,5-6H2. The van der Waals surface area contributed by atoms with Gasteiger partial charge in [0, 0.05) is 17.1 Å². The van der Waals surface area contributed by atoms with Gasteiger partial charge in [0.05, 0.1) is 17.3 Å². The Bertz CT molecular complexity index is 748. The maximum absolute atomic E-state index is 12.1. The molecular formula is C14H10Cl2N2O2. The van der Waals surface area contributed by atoms with Gasteiger partial charge in [-0.15, -0.1) is 0 Å². The normalized spacial score (nSPS) is 10.3. The van der Waals surface area contributed by atoms with Crippen LogP contribution in [0.4, 0.5) is 0 Å². The van der Waals surface area contributed by atoms with Crippen LogP contribution in [0.5, 0.6) is 0 Å². The smallest absolute Gasteiger partial charge is 0.269 e. The molecule has 0 aliphatic carbocycles. The molecule has 0 bridgehead atoms. The maximum atomic E-state index is 12.1. The summed E-state index contributed by atoms with van der Waals surface area (Å²) in [6, 6.07) is 9.83. The van der Waals surface area contributed by atoms with Gasteiger partial charge in [-0.1, -0.05) is 23.2 Å². The number of aliphatic hydroxyl groups excluding tert-OH is 1. The van der Waals surface area contributed by atoms with Crippen molar-refractivity contribution in [2.24, 2.45) is 0 Å². The molecule has 1 aromatic carbocycles. The summed E-state index contributed by atoms with van der Waals surface area (Å²) in [5.74, 6) is 0. The molecule has 1 heterocycles. The van der Waals surface area contributed by atoms with E-state index in [1.54, 1.807) is 24.3 Å². The minimum atomic E-state index is -0.454. The lowest BCUT2D eigenvalue weighted by molar-refractivity contribution is 0.275. The first-order chi connectivity index (χ1) is 9.58. The van der Waals surface area contributed by atoms with E-state index in [0.717, 1.165) is 0 Å². The molecule has 6 heteroatoms. The molecule has 0 fully saturated rings. The van der Waals surface area contributed by atoms with E-state index >= 15 is 0 Å². The second-order valence-electron chi connectivity index (χ2n) is 4.05. The van der Waals surface area contributed by atoms with E-state index < -0.39 is 5.56 Å². The van der Waals surface area contributed by atoms with E-state index in [0.29, 0.717) is 21.3 Å². The number of nitrogens with zero attached hydrogens (tertiary/aromatic N) is 2. The SMILES string of the molecule is N#Cc1ccc(-c2ccc(Cl)cc2Cl)n(CCO)c1=O. The first-order valence-corrected chi connectivity index (χ1v) is 6.54. The summed E-state index contributed by atoms with van der Waals surface area (Å²) in [5, 5.41) is 18.9. The van der Waals surface area contributed by atoms with Crippen molar-refractivity contribution in [1.82, 2.24) is 4.57 Å². The third-order valence-corrected chi connectivity index (χ3v) is 3.37. The van der Waals surface area contributed by atoms with E-state index in [1.807, 2.05) is 6.07 Å². The second kappa shape index (κ2) is 6.10. The van der Waals surface area contributed by atoms with Crippen LogP contribution in [0.3, 0.4) is 0 Å². The average Bonchev–Trinajstić information content (AvgIpc) is 2.42. The van der Waals surface area contributed by atoms with Crippen LogP contribution in [-0.2, 0) is 6.54 Å². The maximum Gasteiger partial charge on any atom is 0.269 e. The van der Waals surface area contributed by atoms with Gasteiger partial charge in [-0.05, 0) is 30.3 Å². The zero-order valence-electron chi connectivity index (χ0n) is 10.3. The molecule has 1 N–H and O–H groups in total. The minimum Gasteiger partial charge on any atom is -0.395 e. The van der Waals surface area contributed by atoms with Gasteiger partial charge >= 0.3 is 0 Å². The van der Waals surface area contributed by atoms with Gasteiger partial charge in [0.2, 0.25) is 0 Å². The van der Waals surface area contributed by atoms with Crippen LogP contribution in [0.15, 0.2) is 35.1 Å². The third-order valence-electron chi connectivity index (χ3n) is 2.83. The summed E-state index contributed by atoms with van der Waals surface area (Å²) in [7, 11) is 0. The molecule has 0 aliphatic rings. The van der Waals surface area contributed by atoms with Crippen molar-refractivity contribution in [3.63, 3.8) is 0 Å². The summed E-state index contributed by atoms with van der Waals surface area (Å²) >= 11 is 12.0. The van der Waals surface area contributed by atoms with E-state index in [-0.39, 0.29) is 18.7 Å². The highest BCUT2D eigenvalue weighted by atomic mass is 35.5. The first-order valence-electron chi connectivity index (χ1n) is 5.78. The van der Waals surface area contributed by atoms with Crippen molar-refractivity contribution in [3.8, 4) is 17.3 Å². The number of benzene rings is 1. The number of aliphatic hydroxyl groups is 1. The average molecular weight is 309 g/mol. The fourth-order valence-electron chi connectivity index (χ4n) is 1.92. The van der Waals surface area contributed by atoms with Crippen molar-refractivity contribution in [3.05, 3.63) is 56.3 Å². The molecule has 0 spiro atoms. The highest BCUT2D eigenvalue weighted by molar-refractivity contribution is 6.36. The number of hydrogen-bond acceptors (Lipinski definition) is 3. The Labute approximate surface area is 125 Å². The van der Waals surface area contributed by atoms with Crippen molar-refractivity contribution >= 4 is 23.2 Å². The van der Waals surface area contributed by atoms with Gasteiger partial charge in [0.1, 0.15) is 11.6 Å². The van der Waals surface area contributed by atoms with Crippen molar-refractivity contribution in [1.29, 1.82) is 5.26 Å². The largest absolute Gasteiger partial charge is 0.395 e. The molecule has 2 aromatic rings. The Morgan fingerprint density at radius 3 is 2.60 bits per heavy atom. The third kappa shape index (κ3) is 2.70. The highest BCUT2D eigenvalue weighted by Gasteiger charge is 2.12. The quantitative estimate of drug-likeness (QED) is 0.948. The number of halogens is 2. The van der Waals surface area contributed by atoms with Crippen molar-refractivity contribution in [2.45, 2.75) is 6.54 Å². The van der Waals surface area contributed by atoms with Crippen LogP contribution in [-0.4, -0.2) is 16.3 Å². The molecule has 0 saturated carbocycles. The molecule has 20 heavy (non-hydrogen) atoms. The predicted octanol–water partition coefficient (Wildman–Crippen LogP) is 2.69. The monoisotopic (exact) mass is 308 g/mol. The summed E-state index contributed by atoms with van der Waals surface area (Å²) in [6.45, 7) is -0.129. The Hall–Kier alpha value is -1.80. The highest BCUT2D eigenvalue weighted by Crippen LogP contribution is 2.29. The Kier molecular flexibility index (Phi) is 4.46. The second-order valence-corrected chi connectivity index (χ2v) is 4.89. The molecule has 0 radical (unpaired) electrons. The molecule has 0 amide bonds. The molecule has 4 nitrogen and oxygen atoms in total. The summed E-state index contributed by atoms with van der Waals surface area (Å²) < 4.78 is 1.33. The number of hydrogen-bond donors (Lipinski definition) is 1. The number of pyridine rings is 1. The van der Waals surface area contributed by atoms with Crippen molar-refractivity contribution < 1.29 is 5.11 Å². The zero-order chi connectivity index (χ0) is 14.7. The fraction of sp³-hybridized carbons (Fsp3) is 0.143. The van der Waals surface area contributed by atoms with Crippen molar-refractivity contribution in [2.75, 3.05) is 6.61 Å². The minimum absolute atomic E-state index is 0.0206. The van der Waals surface area contributed by atoms with E-state index in [9.17, 15) is 4.79 Å². The molecule has 0 atom stereocenters. The summed E-state index contributed by atoms with van der Waals surface area (Å²) in [4.78, 5) is 12.1. The fourth-order valence-corrected chi connectivity index (χ4v) is 2.42. The number of rotatable bonds is 3. The lowest BCUT2D eigenvalue weighted by atomic mass is 10.1. The van der Waals surface area contributed by atoms with E-state index in [1.165, 1.54) is 10.6 Å². The Morgan fingerprint density at radius 2 is 2.00 bits per heavy atom. The van der Waals surface area contributed by atoms with Gasteiger partial charge in [-0.2, -0.15) is 5.26 Å². The van der Waals surface area contributed by atoms with Gasteiger partial charge in [-0.3, -0.25) is 4.79 Å². The predicted molar refractivity (Wildman–Crippen MR) is 78.0 cm³/mol. The van der Waals surface area contributed by atoms with Crippen LogP contribution in [0.25, 0.3) is 11.3 Å². The van der Waals surface area contributed by atoms with Gasteiger partial charge < -0.3 is 9.67 Å². The first kappa shape index (κ1) is 14.6. The lowest BCUT2D eigenvalue weighted by Crippen LogP contribution is -2.25. The van der Waals surface area contributed by atoms with Gasteiger partial charge in [0.25, 0.3) is 5.56 Å². The molecule has 102 valence electrons. The van der Waals surface area contributed by atoms with Gasteiger partial charge in [-0.25, -0.2) is 0 Å². The van der Waals surface area contributed by atoms with Gasteiger partial charge in [0.15, 0.2) is 0 Å². The van der Waals surface area contributed by atoms with Crippen LogP contribution in [0, 0.1) is 11.3 Å². The van der Waals surface area contributed by atoms with Crippen LogP contribution < -0.4 is 5.56 Å². The topological polar surface area (TPSA) is 66.0 Å². The van der Waals surface area contributed by atoms with Crippen LogP contribution >= 0.6 is 23.2 Å². The number of aromatic nitrogens is 1. The van der Waals surface area contributed by atoms with Crippen LogP contribution in [0.1, 0.15) is 5.56 Å². The zero-order valence-corrected chi connectivity index (χ0v) is 11.8. The molecule has 0 saturated heterocycles. The molecule has 2 rings (SSSR count). The van der Waals surface area contributed by atoms with E-state index in [4.69, 9.17) is 33.6 Å². The van der Waals surface area contributed by atoms with E-state index in [2.05, 4.69) is 0 Å². The summed E-state index contributed by atoms with van der Waals surface area (Å²) in [5.41, 5.74) is 0.716.